The van der Waals surface area contributed by atoms with Crippen LogP contribution in [0.15, 0.2) is 48.6 Å². The summed E-state index contributed by atoms with van der Waals surface area (Å²) in [7, 11) is -5.87. The first-order chi connectivity index (χ1) is 11.9. The molecule has 0 aliphatic heterocycles. The highest BCUT2D eigenvalue weighted by atomic mass is 32.2. The molecule has 10 heteroatoms. The molecule has 138 valence electrons. The van der Waals surface area contributed by atoms with Crippen molar-refractivity contribution in [2.75, 3.05) is 0 Å². The van der Waals surface area contributed by atoms with Crippen LogP contribution in [0.1, 0.15) is 17.3 Å². The Bertz CT molecular complexity index is 1010. The van der Waals surface area contributed by atoms with E-state index >= 15 is 0 Å². The molecule has 26 heavy (non-hydrogen) atoms. The fourth-order valence-electron chi connectivity index (χ4n) is 1.92. The van der Waals surface area contributed by atoms with Gasteiger partial charge in [0.15, 0.2) is 0 Å². The van der Waals surface area contributed by atoms with Crippen LogP contribution in [0.2, 0.25) is 0 Å². The van der Waals surface area contributed by atoms with E-state index < -0.39 is 33.0 Å². The Labute approximate surface area is 146 Å². The van der Waals surface area contributed by atoms with E-state index in [1.807, 2.05) is 0 Å². The lowest BCUT2D eigenvalue weighted by Crippen LogP contribution is -2.40. The highest BCUT2D eigenvalue weighted by Gasteiger charge is 2.47. The van der Waals surface area contributed by atoms with Gasteiger partial charge in [-0.05, 0) is 24.4 Å². The van der Waals surface area contributed by atoms with E-state index in [9.17, 15) is 31.2 Å². The second kappa shape index (κ2) is 6.79. The zero-order chi connectivity index (χ0) is 19.7. The number of fused-ring (bicyclic) bond motifs is 1. The molecule has 0 unspecified atom stereocenters. The third-order valence-corrected chi connectivity index (χ3v) is 4.23. The lowest BCUT2D eigenvalue weighted by atomic mass is 10.1. The van der Waals surface area contributed by atoms with E-state index in [4.69, 9.17) is 4.74 Å². The Balaban J connectivity index is 2.50. The molecule has 0 fully saturated rings. The number of hydrogen-bond donors (Lipinski definition) is 1. The number of carbonyl (C=O) groups is 2. The van der Waals surface area contributed by atoms with Crippen molar-refractivity contribution in [3.8, 4) is 5.75 Å². The number of benzene rings is 2. The SMILES string of the molecule is C=C(C)C(=O)Oc1cc(C(=O)NS(=O)(=O)C(F)(F)F)cc2ccccc12. The number of ether oxygens (including phenoxy) is 1. The van der Waals surface area contributed by atoms with E-state index in [1.165, 1.54) is 19.1 Å². The number of hydrogen-bond acceptors (Lipinski definition) is 5. The summed E-state index contributed by atoms with van der Waals surface area (Å²) in [5.74, 6) is -2.44. The monoisotopic (exact) mass is 387 g/mol. The number of rotatable bonds is 4. The molecule has 0 radical (unpaired) electrons. The van der Waals surface area contributed by atoms with E-state index in [0.717, 1.165) is 10.8 Å². The Morgan fingerprint density at radius 1 is 1.15 bits per heavy atom. The number of amides is 1. The van der Waals surface area contributed by atoms with E-state index in [1.54, 1.807) is 18.2 Å². The van der Waals surface area contributed by atoms with Crippen LogP contribution < -0.4 is 9.46 Å². The predicted octanol–water partition coefficient (Wildman–Crippen LogP) is 2.90. The smallest absolute Gasteiger partial charge is 0.423 e. The van der Waals surface area contributed by atoms with Gasteiger partial charge in [-0.1, -0.05) is 30.8 Å². The topological polar surface area (TPSA) is 89.5 Å². The van der Waals surface area contributed by atoms with Gasteiger partial charge < -0.3 is 4.74 Å². The molecule has 2 aromatic rings. The molecule has 0 heterocycles. The molecule has 2 rings (SSSR count). The molecule has 0 bridgehead atoms. The van der Waals surface area contributed by atoms with Gasteiger partial charge in [-0.3, -0.25) is 4.79 Å². The number of alkyl halides is 3. The summed E-state index contributed by atoms with van der Waals surface area (Å²) in [5.41, 5.74) is -6.01. The molecule has 0 aliphatic carbocycles. The third kappa shape index (κ3) is 4.02. The first-order valence-corrected chi connectivity index (χ1v) is 8.44. The van der Waals surface area contributed by atoms with Crippen molar-refractivity contribution in [2.45, 2.75) is 12.4 Å². The zero-order valence-electron chi connectivity index (χ0n) is 13.3. The van der Waals surface area contributed by atoms with Gasteiger partial charge >= 0.3 is 21.5 Å². The van der Waals surface area contributed by atoms with Crippen molar-refractivity contribution in [3.05, 3.63) is 54.1 Å². The van der Waals surface area contributed by atoms with Crippen molar-refractivity contribution in [1.82, 2.24) is 4.72 Å². The van der Waals surface area contributed by atoms with Crippen molar-refractivity contribution in [1.29, 1.82) is 0 Å². The molecule has 2 aromatic carbocycles. The van der Waals surface area contributed by atoms with Crippen LogP contribution in [-0.2, 0) is 14.8 Å². The molecule has 0 aromatic heterocycles. The molecule has 6 nitrogen and oxygen atoms in total. The highest BCUT2D eigenvalue weighted by Crippen LogP contribution is 2.29. The minimum absolute atomic E-state index is 0.0589. The average molecular weight is 387 g/mol. The van der Waals surface area contributed by atoms with Gasteiger partial charge in [0, 0.05) is 16.5 Å². The predicted molar refractivity (Wildman–Crippen MR) is 86.8 cm³/mol. The number of halogens is 3. The van der Waals surface area contributed by atoms with Gasteiger partial charge in [-0.15, -0.1) is 0 Å². The number of esters is 1. The minimum atomic E-state index is -5.87. The Morgan fingerprint density at radius 2 is 1.77 bits per heavy atom. The Kier molecular flexibility index (Phi) is 5.08. The molecular weight excluding hydrogens is 375 g/mol. The highest BCUT2D eigenvalue weighted by molar-refractivity contribution is 7.90. The standard InChI is InChI=1S/C16H12F3NO5S/c1-9(2)15(22)25-13-8-11(7-10-5-3-4-6-12(10)13)14(21)20-26(23,24)16(17,18)19/h3-8H,1H2,2H3,(H,20,21). The number of carbonyl (C=O) groups excluding carboxylic acids is 2. The van der Waals surface area contributed by atoms with Crippen LogP contribution in [0.3, 0.4) is 0 Å². The van der Waals surface area contributed by atoms with Crippen LogP contribution in [0, 0.1) is 0 Å². The molecule has 0 saturated heterocycles. The first-order valence-electron chi connectivity index (χ1n) is 6.96. The Hall–Kier alpha value is -2.88. The minimum Gasteiger partial charge on any atom is -0.423 e. The van der Waals surface area contributed by atoms with Crippen LogP contribution in [0.5, 0.6) is 5.75 Å². The molecule has 0 saturated carbocycles. The zero-order valence-corrected chi connectivity index (χ0v) is 14.1. The summed E-state index contributed by atoms with van der Waals surface area (Å²) >= 11 is 0. The molecule has 0 aliphatic rings. The maximum atomic E-state index is 12.4. The van der Waals surface area contributed by atoms with Gasteiger partial charge in [0.2, 0.25) is 0 Å². The average Bonchev–Trinajstić information content (AvgIpc) is 2.53. The van der Waals surface area contributed by atoms with E-state index in [0.29, 0.717) is 10.8 Å². The lowest BCUT2D eigenvalue weighted by Gasteiger charge is -2.12. The fraction of sp³-hybridized carbons (Fsp3) is 0.125. The molecular formula is C16H12F3NO5S. The van der Waals surface area contributed by atoms with Crippen molar-refractivity contribution in [3.63, 3.8) is 0 Å². The first kappa shape index (κ1) is 19.4. The van der Waals surface area contributed by atoms with Gasteiger partial charge in [-0.2, -0.15) is 21.6 Å². The summed E-state index contributed by atoms with van der Waals surface area (Å²) in [6, 6.07) is 8.43. The van der Waals surface area contributed by atoms with Gasteiger partial charge in [-0.25, -0.2) is 9.52 Å². The maximum Gasteiger partial charge on any atom is 0.516 e. The van der Waals surface area contributed by atoms with Gasteiger partial charge in [0.1, 0.15) is 5.75 Å². The summed E-state index contributed by atoms with van der Waals surface area (Å²) in [6.45, 7) is 4.79. The van der Waals surface area contributed by atoms with Crippen LogP contribution in [0.4, 0.5) is 13.2 Å². The molecule has 0 atom stereocenters. The van der Waals surface area contributed by atoms with Crippen molar-refractivity contribution in [2.24, 2.45) is 0 Å². The van der Waals surface area contributed by atoms with Crippen LogP contribution in [-0.4, -0.2) is 25.8 Å². The van der Waals surface area contributed by atoms with Crippen molar-refractivity contribution >= 4 is 32.7 Å². The maximum absolute atomic E-state index is 12.4. The molecule has 1 amide bonds. The summed E-state index contributed by atoms with van der Waals surface area (Å²) in [6.07, 6.45) is 0. The number of nitrogens with one attached hydrogen (secondary N) is 1. The molecule has 1 N–H and O–H groups in total. The summed E-state index contributed by atoms with van der Waals surface area (Å²) in [4.78, 5) is 23.7. The second-order valence-corrected chi connectivity index (χ2v) is 6.92. The largest absolute Gasteiger partial charge is 0.516 e. The second-order valence-electron chi connectivity index (χ2n) is 5.25. The Morgan fingerprint density at radius 3 is 2.35 bits per heavy atom. The third-order valence-electron chi connectivity index (χ3n) is 3.17. The lowest BCUT2D eigenvalue weighted by molar-refractivity contribution is -0.130. The quantitative estimate of drug-likeness (QED) is 0.495. The normalized spacial score (nSPS) is 11.8. The van der Waals surface area contributed by atoms with E-state index in [-0.39, 0.29) is 11.3 Å². The van der Waals surface area contributed by atoms with Crippen LogP contribution in [0.25, 0.3) is 10.8 Å². The summed E-state index contributed by atoms with van der Waals surface area (Å²) in [5, 5.41) is 0.756. The van der Waals surface area contributed by atoms with Gasteiger partial charge in [0.05, 0.1) is 0 Å². The van der Waals surface area contributed by atoms with Gasteiger partial charge in [0.25, 0.3) is 5.91 Å². The van der Waals surface area contributed by atoms with Crippen LogP contribution >= 0.6 is 0 Å². The van der Waals surface area contributed by atoms with E-state index in [2.05, 4.69) is 6.58 Å². The molecule has 0 spiro atoms. The fourth-order valence-corrected chi connectivity index (χ4v) is 2.39. The van der Waals surface area contributed by atoms with Crippen molar-refractivity contribution < 1.29 is 35.9 Å². The number of sulfonamides is 1. The summed E-state index contributed by atoms with van der Waals surface area (Å²) < 4.78 is 65.5.